The molecule has 9 nitrogen and oxygen atoms in total. The maximum absolute atomic E-state index is 12.3. The second-order valence-electron chi connectivity index (χ2n) is 5.15. The van der Waals surface area contributed by atoms with Gasteiger partial charge in [-0.2, -0.15) is 5.26 Å². The van der Waals surface area contributed by atoms with E-state index in [1.165, 1.54) is 31.5 Å². The molecule has 2 rings (SSSR count). The molecular formula is C17H14ClN5O4. The number of nitro benzene ring substituents is 1. The van der Waals surface area contributed by atoms with E-state index in [-0.39, 0.29) is 22.7 Å². The SMILES string of the molecule is COc1cc([N+](=O)[O-])ccc1NC(=O)/C(C#N)=C\Nc1ccc(N)cc1Cl. The number of nitriles is 1. The van der Waals surface area contributed by atoms with Crippen LogP contribution in [0.3, 0.4) is 0 Å². The number of nitrogens with two attached hydrogens (primary N) is 1. The molecule has 10 heteroatoms. The Hall–Kier alpha value is -3.77. The summed E-state index contributed by atoms with van der Waals surface area (Å²) in [6.45, 7) is 0. The molecule has 0 aliphatic rings. The van der Waals surface area contributed by atoms with Crippen molar-refractivity contribution in [1.82, 2.24) is 0 Å². The minimum absolute atomic E-state index is 0.0874. The highest BCUT2D eigenvalue weighted by atomic mass is 35.5. The monoisotopic (exact) mass is 387 g/mol. The topological polar surface area (TPSA) is 143 Å². The van der Waals surface area contributed by atoms with Gasteiger partial charge in [0.1, 0.15) is 17.4 Å². The van der Waals surface area contributed by atoms with Gasteiger partial charge in [-0.3, -0.25) is 14.9 Å². The molecule has 0 saturated heterocycles. The molecule has 0 radical (unpaired) electrons. The van der Waals surface area contributed by atoms with E-state index in [1.807, 2.05) is 0 Å². The number of halogens is 1. The summed E-state index contributed by atoms with van der Waals surface area (Å²) in [6.07, 6.45) is 1.19. The predicted octanol–water partition coefficient (Wildman–Crippen LogP) is 3.30. The molecule has 138 valence electrons. The van der Waals surface area contributed by atoms with Crippen molar-refractivity contribution in [2.75, 3.05) is 23.5 Å². The number of anilines is 3. The van der Waals surface area contributed by atoms with Crippen molar-refractivity contribution < 1.29 is 14.5 Å². The lowest BCUT2D eigenvalue weighted by atomic mass is 10.2. The summed E-state index contributed by atoms with van der Waals surface area (Å²) in [7, 11) is 1.31. The van der Waals surface area contributed by atoms with Crippen LogP contribution in [0.2, 0.25) is 5.02 Å². The summed E-state index contributed by atoms with van der Waals surface area (Å²) >= 11 is 6.02. The van der Waals surface area contributed by atoms with Gasteiger partial charge in [0.15, 0.2) is 0 Å². The third-order valence-corrected chi connectivity index (χ3v) is 3.69. The zero-order valence-electron chi connectivity index (χ0n) is 14.0. The summed E-state index contributed by atoms with van der Waals surface area (Å²) in [5.41, 5.74) is 6.27. The third-order valence-electron chi connectivity index (χ3n) is 3.37. The van der Waals surface area contributed by atoms with E-state index < -0.39 is 10.8 Å². The van der Waals surface area contributed by atoms with Gasteiger partial charge in [-0.1, -0.05) is 11.6 Å². The van der Waals surface area contributed by atoms with Crippen LogP contribution >= 0.6 is 11.6 Å². The van der Waals surface area contributed by atoms with Crippen LogP contribution in [0.15, 0.2) is 48.2 Å². The summed E-state index contributed by atoms with van der Waals surface area (Å²) in [4.78, 5) is 22.5. The van der Waals surface area contributed by atoms with Crippen LogP contribution in [0, 0.1) is 21.4 Å². The number of ether oxygens (including phenoxy) is 1. The molecule has 0 unspecified atom stereocenters. The normalized spacial score (nSPS) is 10.6. The number of benzene rings is 2. The number of non-ortho nitro benzene ring substituents is 1. The Bertz CT molecular complexity index is 968. The van der Waals surface area contributed by atoms with Gasteiger partial charge in [0.25, 0.3) is 11.6 Å². The van der Waals surface area contributed by atoms with Crippen molar-refractivity contribution in [2.45, 2.75) is 0 Å². The van der Waals surface area contributed by atoms with Gasteiger partial charge in [0, 0.05) is 18.0 Å². The summed E-state index contributed by atoms with van der Waals surface area (Å²) in [6, 6.07) is 10.2. The molecule has 0 aliphatic carbocycles. The Balaban J connectivity index is 2.20. The predicted molar refractivity (Wildman–Crippen MR) is 101 cm³/mol. The lowest BCUT2D eigenvalue weighted by molar-refractivity contribution is -0.384. The molecule has 0 heterocycles. The van der Waals surface area contributed by atoms with E-state index in [1.54, 1.807) is 18.2 Å². The lowest BCUT2D eigenvalue weighted by Gasteiger charge is -2.10. The number of hydrogen-bond donors (Lipinski definition) is 3. The molecule has 0 spiro atoms. The number of nitrogens with zero attached hydrogens (tertiary/aromatic N) is 2. The smallest absolute Gasteiger partial charge is 0.273 e. The van der Waals surface area contributed by atoms with Crippen LogP contribution in [0.4, 0.5) is 22.7 Å². The summed E-state index contributed by atoms with van der Waals surface area (Å²) in [5, 5.41) is 25.6. The van der Waals surface area contributed by atoms with Crippen LogP contribution in [0.25, 0.3) is 0 Å². The number of nitro groups is 1. The number of amides is 1. The third kappa shape index (κ3) is 4.87. The van der Waals surface area contributed by atoms with Crippen LogP contribution in [-0.2, 0) is 4.79 Å². The van der Waals surface area contributed by atoms with Crippen LogP contribution < -0.4 is 21.1 Å². The van der Waals surface area contributed by atoms with Crippen molar-refractivity contribution in [2.24, 2.45) is 0 Å². The number of nitrogen functional groups attached to an aromatic ring is 1. The van der Waals surface area contributed by atoms with Gasteiger partial charge in [-0.05, 0) is 24.3 Å². The first-order valence-corrected chi connectivity index (χ1v) is 7.79. The zero-order valence-corrected chi connectivity index (χ0v) is 14.8. The van der Waals surface area contributed by atoms with Gasteiger partial charge in [0.2, 0.25) is 0 Å². The number of rotatable bonds is 6. The second kappa shape index (κ2) is 8.55. The molecule has 27 heavy (non-hydrogen) atoms. The van der Waals surface area contributed by atoms with Gasteiger partial charge in [-0.15, -0.1) is 0 Å². The Morgan fingerprint density at radius 1 is 1.33 bits per heavy atom. The molecule has 0 saturated carbocycles. The highest BCUT2D eigenvalue weighted by molar-refractivity contribution is 6.33. The Morgan fingerprint density at radius 3 is 2.63 bits per heavy atom. The number of methoxy groups -OCH3 is 1. The molecule has 0 bridgehead atoms. The second-order valence-corrected chi connectivity index (χ2v) is 5.56. The largest absolute Gasteiger partial charge is 0.494 e. The Morgan fingerprint density at radius 2 is 2.04 bits per heavy atom. The Kier molecular flexibility index (Phi) is 6.19. The molecular weight excluding hydrogens is 374 g/mol. The van der Waals surface area contributed by atoms with Crippen molar-refractivity contribution in [3.05, 3.63) is 63.3 Å². The molecule has 0 atom stereocenters. The van der Waals surface area contributed by atoms with Crippen LogP contribution in [0.1, 0.15) is 0 Å². The molecule has 0 fully saturated rings. The number of carbonyl (C=O) groups excluding carboxylic acids is 1. The van der Waals surface area contributed by atoms with E-state index in [0.29, 0.717) is 16.4 Å². The van der Waals surface area contributed by atoms with Crippen LogP contribution in [-0.4, -0.2) is 17.9 Å². The van der Waals surface area contributed by atoms with E-state index >= 15 is 0 Å². The van der Waals surface area contributed by atoms with E-state index in [9.17, 15) is 20.2 Å². The Labute approximate surface area is 159 Å². The number of carbonyl (C=O) groups is 1. The highest BCUT2D eigenvalue weighted by Crippen LogP contribution is 2.29. The summed E-state index contributed by atoms with van der Waals surface area (Å²) in [5.74, 6) is -0.645. The average Bonchev–Trinajstić information content (AvgIpc) is 2.63. The quantitative estimate of drug-likeness (QED) is 0.227. The van der Waals surface area contributed by atoms with Gasteiger partial charge < -0.3 is 21.1 Å². The first-order chi connectivity index (χ1) is 12.8. The van der Waals surface area contributed by atoms with Crippen LogP contribution in [0.5, 0.6) is 5.75 Å². The molecule has 0 aromatic heterocycles. The fourth-order valence-corrected chi connectivity index (χ4v) is 2.28. The van der Waals surface area contributed by atoms with Crippen molar-refractivity contribution in [1.29, 1.82) is 5.26 Å². The van der Waals surface area contributed by atoms with Crippen molar-refractivity contribution in [3.8, 4) is 11.8 Å². The maximum Gasteiger partial charge on any atom is 0.273 e. The minimum atomic E-state index is -0.733. The van der Waals surface area contributed by atoms with E-state index in [4.69, 9.17) is 22.1 Å². The highest BCUT2D eigenvalue weighted by Gasteiger charge is 2.16. The lowest BCUT2D eigenvalue weighted by Crippen LogP contribution is -2.15. The van der Waals surface area contributed by atoms with Crippen molar-refractivity contribution >= 4 is 40.3 Å². The standard InChI is InChI=1S/C17H14ClN5O4/c1-27-16-7-12(23(25)26)3-5-15(16)22-17(24)10(8-19)9-21-14-4-2-11(20)6-13(14)18/h2-7,9,21H,20H2,1H3,(H,22,24)/b10-9-. The fourth-order valence-electron chi connectivity index (χ4n) is 2.03. The number of hydrogen-bond acceptors (Lipinski definition) is 7. The number of nitrogens with one attached hydrogen (secondary N) is 2. The summed E-state index contributed by atoms with van der Waals surface area (Å²) < 4.78 is 5.04. The van der Waals surface area contributed by atoms with E-state index in [0.717, 1.165) is 6.07 Å². The minimum Gasteiger partial charge on any atom is -0.494 e. The molecule has 1 amide bonds. The van der Waals surface area contributed by atoms with Crippen molar-refractivity contribution in [3.63, 3.8) is 0 Å². The van der Waals surface area contributed by atoms with Gasteiger partial charge in [0.05, 0.1) is 34.5 Å². The van der Waals surface area contributed by atoms with E-state index in [2.05, 4.69) is 10.6 Å². The first-order valence-electron chi connectivity index (χ1n) is 7.41. The maximum atomic E-state index is 12.3. The molecule has 2 aromatic carbocycles. The molecule has 0 aliphatic heterocycles. The first kappa shape index (κ1) is 19.6. The molecule has 2 aromatic rings. The van der Waals surface area contributed by atoms with Gasteiger partial charge in [-0.25, -0.2) is 0 Å². The van der Waals surface area contributed by atoms with Gasteiger partial charge >= 0.3 is 0 Å². The zero-order chi connectivity index (χ0) is 20.0. The molecule has 4 N–H and O–H groups in total. The average molecular weight is 388 g/mol. The fraction of sp³-hybridized carbons (Fsp3) is 0.0588.